The fourth-order valence-corrected chi connectivity index (χ4v) is 1.76. The molecule has 0 saturated carbocycles. The number of halogens is 3. The second kappa shape index (κ2) is 5.23. The van der Waals surface area contributed by atoms with E-state index in [9.17, 15) is 13.2 Å². The van der Waals surface area contributed by atoms with Crippen LogP contribution in [0.15, 0.2) is 24.3 Å². The lowest BCUT2D eigenvalue weighted by molar-refractivity contribution is -0.275. The van der Waals surface area contributed by atoms with Gasteiger partial charge in [-0.2, -0.15) is 0 Å². The lowest BCUT2D eigenvalue weighted by atomic mass is 9.93. The molecular weight excluding hydrogens is 217 g/mol. The fourth-order valence-electron chi connectivity index (χ4n) is 1.76. The molecule has 1 aromatic rings. The Kier molecular flexibility index (Phi) is 4.21. The molecule has 0 aromatic heterocycles. The molecule has 0 N–H and O–H groups in total. The molecule has 16 heavy (non-hydrogen) atoms. The molecule has 0 atom stereocenters. The van der Waals surface area contributed by atoms with E-state index in [1.54, 1.807) is 18.2 Å². The first-order valence-corrected chi connectivity index (χ1v) is 5.32. The molecular formula is C12H15F3O. The van der Waals surface area contributed by atoms with Crippen molar-refractivity contribution in [2.45, 2.75) is 39.0 Å². The third kappa shape index (κ3) is 3.43. The van der Waals surface area contributed by atoms with Crippen molar-refractivity contribution in [3.63, 3.8) is 0 Å². The van der Waals surface area contributed by atoms with Crippen LogP contribution in [0.25, 0.3) is 0 Å². The third-order valence-corrected chi connectivity index (χ3v) is 2.57. The molecule has 0 bridgehead atoms. The summed E-state index contributed by atoms with van der Waals surface area (Å²) in [6.07, 6.45) is -3.02. The van der Waals surface area contributed by atoms with Crippen molar-refractivity contribution < 1.29 is 17.9 Å². The Balaban J connectivity index is 3.00. The molecule has 0 aliphatic heterocycles. The third-order valence-electron chi connectivity index (χ3n) is 2.57. The normalized spacial score (nSPS) is 11.9. The van der Waals surface area contributed by atoms with Crippen LogP contribution >= 0.6 is 0 Å². The number of hydrogen-bond acceptors (Lipinski definition) is 1. The van der Waals surface area contributed by atoms with E-state index >= 15 is 0 Å². The van der Waals surface area contributed by atoms with Crippen molar-refractivity contribution in [1.82, 2.24) is 0 Å². The quantitative estimate of drug-likeness (QED) is 0.743. The highest BCUT2D eigenvalue weighted by atomic mass is 19.4. The Labute approximate surface area is 93.2 Å². The molecule has 0 heterocycles. The van der Waals surface area contributed by atoms with Crippen LogP contribution in [-0.2, 0) is 0 Å². The van der Waals surface area contributed by atoms with Crippen molar-refractivity contribution in [2.75, 3.05) is 0 Å². The molecule has 4 heteroatoms. The molecule has 1 nitrogen and oxygen atoms in total. The van der Waals surface area contributed by atoms with Gasteiger partial charge >= 0.3 is 6.36 Å². The van der Waals surface area contributed by atoms with Crippen molar-refractivity contribution in [2.24, 2.45) is 0 Å². The van der Waals surface area contributed by atoms with Gasteiger partial charge in [0.15, 0.2) is 0 Å². The van der Waals surface area contributed by atoms with E-state index in [0.717, 1.165) is 12.8 Å². The lowest BCUT2D eigenvalue weighted by Gasteiger charge is -2.18. The van der Waals surface area contributed by atoms with Crippen LogP contribution in [0.5, 0.6) is 5.75 Å². The maximum Gasteiger partial charge on any atom is 0.573 e. The first kappa shape index (κ1) is 12.9. The summed E-state index contributed by atoms with van der Waals surface area (Å²) in [6.45, 7) is 3.91. The van der Waals surface area contributed by atoms with E-state index < -0.39 is 6.36 Å². The highest BCUT2D eigenvalue weighted by Crippen LogP contribution is 2.34. The minimum absolute atomic E-state index is 0.0799. The number of rotatable bonds is 4. The molecule has 0 aliphatic rings. The first-order chi connectivity index (χ1) is 7.48. The van der Waals surface area contributed by atoms with E-state index in [-0.39, 0.29) is 11.7 Å². The van der Waals surface area contributed by atoms with Gasteiger partial charge < -0.3 is 4.74 Å². The van der Waals surface area contributed by atoms with Gasteiger partial charge in [-0.15, -0.1) is 13.2 Å². The second-order valence-corrected chi connectivity index (χ2v) is 3.60. The van der Waals surface area contributed by atoms with Gasteiger partial charge in [0.2, 0.25) is 0 Å². The summed E-state index contributed by atoms with van der Waals surface area (Å²) < 4.78 is 40.5. The summed E-state index contributed by atoms with van der Waals surface area (Å²) in [5, 5.41) is 0. The molecule has 0 aliphatic carbocycles. The van der Waals surface area contributed by atoms with Gasteiger partial charge in [-0.05, 0) is 30.4 Å². The summed E-state index contributed by atoms with van der Waals surface area (Å²) in [6, 6.07) is 6.34. The number of alkyl halides is 3. The zero-order chi connectivity index (χ0) is 12.2. The van der Waals surface area contributed by atoms with Gasteiger partial charge in [-0.25, -0.2) is 0 Å². The number of benzene rings is 1. The minimum atomic E-state index is -4.62. The first-order valence-electron chi connectivity index (χ1n) is 5.32. The van der Waals surface area contributed by atoms with Crippen molar-refractivity contribution in [3.05, 3.63) is 29.8 Å². The zero-order valence-corrected chi connectivity index (χ0v) is 9.34. The molecule has 0 radical (unpaired) electrons. The van der Waals surface area contributed by atoms with Gasteiger partial charge in [-0.1, -0.05) is 32.0 Å². The SMILES string of the molecule is CCC(CC)c1ccccc1OC(F)(F)F. The Morgan fingerprint density at radius 1 is 1.12 bits per heavy atom. The van der Waals surface area contributed by atoms with E-state index in [0.29, 0.717) is 5.56 Å². The fraction of sp³-hybridized carbons (Fsp3) is 0.500. The Morgan fingerprint density at radius 2 is 1.69 bits per heavy atom. The summed E-state index contributed by atoms with van der Waals surface area (Å²) >= 11 is 0. The Morgan fingerprint density at radius 3 is 2.19 bits per heavy atom. The van der Waals surface area contributed by atoms with E-state index in [2.05, 4.69) is 4.74 Å². The lowest BCUT2D eigenvalue weighted by Crippen LogP contribution is -2.18. The molecule has 0 saturated heterocycles. The van der Waals surface area contributed by atoms with Crippen LogP contribution in [0.2, 0.25) is 0 Å². The number of hydrogen-bond donors (Lipinski definition) is 0. The molecule has 0 unspecified atom stereocenters. The molecule has 1 aromatic carbocycles. The van der Waals surface area contributed by atoms with Crippen LogP contribution in [0.3, 0.4) is 0 Å². The maximum absolute atomic E-state index is 12.2. The van der Waals surface area contributed by atoms with Crippen molar-refractivity contribution in [1.29, 1.82) is 0 Å². The van der Waals surface area contributed by atoms with Crippen LogP contribution < -0.4 is 4.74 Å². The van der Waals surface area contributed by atoms with Gasteiger partial charge in [0.05, 0.1) is 0 Å². The van der Waals surface area contributed by atoms with Crippen LogP contribution in [0, 0.1) is 0 Å². The van der Waals surface area contributed by atoms with E-state index in [4.69, 9.17) is 0 Å². The molecule has 1 rings (SSSR count). The summed E-state index contributed by atoms with van der Waals surface area (Å²) in [5.74, 6) is 0.0299. The smallest absolute Gasteiger partial charge is 0.405 e. The molecule has 90 valence electrons. The van der Waals surface area contributed by atoms with Gasteiger partial charge in [0, 0.05) is 0 Å². The molecule has 0 amide bonds. The Bertz CT molecular complexity index is 329. The second-order valence-electron chi connectivity index (χ2n) is 3.60. The van der Waals surface area contributed by atoms with Crippen molar-refractivity contribution in [3.8, 4) is 5.75 Å². The van der Waals surface area contributed by atoms with Gasteiger partial charge in [0.1, 0.15) is 5.75 Å². The topological polar surface area (TPSA) is 9.23 Å². The number of para-hydroxylation sites is 1. The summed E-state index contributed by atoms with van der Waals surface area (Å²) in [5.41, 5.74) is 0.629. The monoisotopic (exact) mass is 232 g/mol. The summed E-state index contributed by atoms with van der Waals surface area (Å²) in [7, 11) is 0. The largest absolute Gasteiger partial charge is 0.573 e. The maximum atomic E-state index is 12.2. The predicted molar refractivity (Wildman–Crippen MR) is 56.4 cm³/mol. The summed E-state index contributed by atoms with van der Waals surface area (Å²) in [4.78, 5) is 0. The molecule has 0 fully saturated rings. The zero-order valence-electron chi connectivity index (χ0n) is 9.34. The van der Waals surface area contributed by atoms with E-state index in [1.807, 2.05) is 13.8 Å². The average molecular weight is 232 g/mol. The van der Waals surface area contributed by atoms with Crippen LogP contribution in [0.4, 0.5) is 13.2 Å². The molecule has 0 spiro atoms. The van der Waals surface area contributed by atoms with Crippen LogP contribution in [0.1, 0.15) is 38.2 Å². The van der Waals surface area contributed by atoms with Crippen molar-refractivity contribution >= 4 is 0 Å². The standard InChI is InChI=1S/C12H15F3O/c1-3-9(4-2)10-7-5-6-8-11(10)16-12(13,14)15/h5-9H,3-4H2,1-2H3. The van der Waals surface area contributed by atoms with Gasteiger partial charge in [-0.3, -0.25) is 0 Å². The predicted octanol–water partition coefficient (Wildman–Crippen LogP) is 4.49. The highest BCUT2D eigenvalue weighted by Gasteiger charge is 2.32. The van der Waals surface area contributed by atoms with Gasteiger partial charge in [0.25, 0.3) is 0 Å². The number of ether oxygens (including phenoxy) is 1. The van der Waals surface area contributed by atoms with E-state index in [1.165, 1.54) is 6.07 Å². The minimum Gasteiger partial charge on any atom is -0.405 e. The average Bonchev–Trinajstić information content (AvgIpc) is 2.20. The highest BCUT2D eigenvalue weighted by molar-refractivity contribution is 5.36. The Hall–Kier alpha value is -1.19. The van der Waals surface area contributed by atoms with Crippen LogP contribution in [-0.4, -0.2) is 6.36 Å².